The number of nitrogens with one attached hydrogen (secondary N) is 2. The Hall–Kier alpha value is -0.970. The molecular formula is C11H13N3S. The smallest absolute Gasteiger partial charge is 0.112 e. The summed E-state index contributed by atoms with van der Waals surface area (Å²) in [6.07, 6.45) is 0. The lowest BCUT2D eigenvalue weighted by molar-refractivity contribution is 0.429. The van der Waals surface area contributed by atoms with Gasteiger partial charge in [0, 0.05) is 19.6 Å². The van der Waals surface area contributed by atoms with Crippen molar-refractivity contribution in [3.63, 3.8) is 0 Å². The highest BCUT2D eigenvalue weighted by Gasteiger charge is 2.17. The molecule has 3 nitrogen and oxygen atoms in total. The zero-order valence-corrected chi connectivity index (χ0v) is 9.18. The van der Waals surface area contributed by atoms with Gasteiger partial charge in [0.25, 0.3) is 0 Å². The van der Waals surface area contributed by atoms with Crippen LogP contribution in [0.15, 0.2) is 24.3 Å². The zero-order valence-electron chi connectivity index (χ0n) is 8.36. The molecule has 0 radical (unpaired) electrons. The van der Waals surface area contributed by atoms with Gasteiger partial charge in [-0.1, -0.05) is 12.1 Å². The second kappa shape index (κ2) is 3.89. The standard InChI is InChI=1S/C11H13N3S/c1-2-4-10-8(3-1)14-11(15-10)9-7-12-5-6-13-9/h1-4,9,12-13H,5-7H2. The first-order valence-corrected chi connectivity index (χ1v) is 6.05. The highest BCUT2D eigenvalue weighted by molar-refractivity contribution is 7.18. The summed E-state index contributed by atoms with van der Waals surface area (Å²) < 4.78 is 1.28. The van der Waals surface area contributed by atoms with Gasteiger partial charge < -0.3 is 10.6 Å². The van der Waals surface area contributed by atoms with Crippen molar-refractivity contribution in [2.24, 2.45) is 0 Å². The molecule has 1 saturated heterocycles. The maximum absolute atomic E-state index is 4.65. The molecule has 0 aliphatic carbocycles. The van der Waals surface area contributed by atoms with Crippen LogP contribution in [-0.2, 0) is 0 Å². The predicted octanol–water partition coefficient (Wildman–Crippen LogP) is 1.53. The molecule has 4 heteroatoms. The van der Waals surface area contributed by atoms with Gasteiger partial charge in [0.1, 0.15) is 5.01 Å². The largest absolute Gasteiger partial charge is 0.313 e. The van der Waals surface area contributed by atoms with Gasteiger partial charge in [-0.2, -0.15) is 0 Å². The summed E-state index contributed by atoms with van der Waals surface area (Å²) in [7, 11) is 0. The number of hydrogen-bond acceptors (Lipinski definition) is 4. The fraction of sp³-hybridized carbons (Fsp3) is 0.364. The lowest BCUT2D eigenvalue weighted by Gasteiger charge is -2.22. The molecular weight excluding hydrogens is 206 g/mol. The first-order chi connectivity index (χ1) is 7.43. The third-order valence-electron chi connectivity index (χ3n) is 2.65. The molecule has 2 N–H and O–H groups in total. The van der Waals surface area contributed by atoms with Gasteiger partial charge in [-0.25, -0.2) is 4.98 Å². The third kappa shape index (κ3) is 1.76. The van der Waals surface area contributed by atoms with Crippen LogP contribution in [0, 0.1) is 0 Å². The Morgan fingerprint density at radius 3 is 3.00 bits per heavy atom. The second-order valence-corrected chi connectivity index (χ2v) is 4.79. The number of aromatic nitrogens is 1. The topological polar surface area (TPSA) is 37.0 Å². The summed E-state index contributed by atoms with van der Waals surface area (Å²) in [5.41, 5.74) is 1.12. The summed E-state index contributed by atoms with van der Waals surface area (Å²) >= 11 is 1.79. The molecule has 78 valence electrons. The highest BCUT2D eigenvalue weighted by atomic mass is 32.1. The molecule has 0 amide bonds. The molecule has 2 aromatic rings. The van der Waals surface area contributed by atoms with Crippen LogP contribution in [0.5, 0.6) is 0 Å². The van der Waals surface area contributed by atoms with Crippen molar-refractivity contribution in [1.82, 2.24) is 15.6 Å². The van der Waals surface area contributed by atoms with Crippen LogP contribution in [0.1, 0.15) is 11.0 Å². The van der Waals surface area contributed by atoms with E-state index in [1.165, 1.54) is 9.71 Å². The zero-order chi connectivity index (χ0) is 10.1. The van der Waals surface area contributed by atoms with Crippen molar-refractivity contribution in [2.75, 3.05) is 19.6 Å². The number of thiazole rings is 1. The van der Waals surface area contributed by atoms with E-state index in [1.807, 2.05) is 6.07 Å². The Morgan fingerprint density at radius 2 is 2.20 bits per heavy atom. The Bertz CT molecular complexity index is 427. The van der Waals surface area contributed by atoms with Gasteiger partial charge in [-0.3, -0.25) is 0 Å². The Kier molecular flexibility index (Phi) is 2.40. The number of fused-ring (bicyclic) bond motifs is 1. The lowest BCUT2D eigenvalue weighted by atomic mass is 10.2. The molecule has 15 heavy (non-hydrogen) atoms. The fourth-order valence-electron chi connectivity index (χ4n) is 1.87. The van der Waals surface area contributed by atoms with Crippen LogP contribution in [0.25, 0.3) is 10.2 Å². The SMILES string of the molecule is c1ccc2sc(C3CNCCN3)nc2c1. The van der Waals surface area contributed by atoms with Crippen LogP contribution in [0.2, 0.25) is 0 Å². The number of nitrogens with zero attached hydrogens (tertiary/aromatic N) is 1. The lowest BCUT2D eigenvalue weighted by Crippen LogP contribution is -2.42. The van der Waals surface area contributed by atoms with E-state index in [-0.39, 0.29) is 0 Å². The van der Waals surface area contributed by atoms with Crippen LogP contribution >= 0.6 is 11.3 Å². The monoisotopic (exact) mass is 219 g/mol. The van der Waals surface area contributed by atoms with E-state index < -0.39 is 0 Å². The fourth-order valence-corrected chi connectivity index (χ4v) is 2.91. The van der Waals surface area contributed by atoms with Gasteiger partial charge in [0.15, 0.2) is 0 Å². The van der Waals surface area contributed by atoms with E-state index in [0.29, 0.717) is 6.04 Å². The van der Waals surface area contributed by atoms with E-state index in [1.54, 1.807) is 11.3 Å². The van der Waals surface area contributed by atoms with Gasteiger partial charge in [-0.05, 0) is 12.1 Å². The van der Waals surface area contributed by atoms with Gasteiger partial charge in [0.2, 0.25) is 0 Å². The van der Waals surface area contributed by atoms with Crippen LogP contribution in [0.3, 0.4) is 0 Å². The summed E-state index contributed by atoms with van der Waals surface area (Å²) in [6, 6.07) is 8.70. The molecule has 1 fully saturated rings. The molecule has 1 atom stereocenters. The average Bonchev–Trinajstić information content (AvgIpc) is 2.74. The van der Waals surface area contributed by atoms with Gasteiger partial charge in [-0.15, -0.1) is 11.3 Å². The molecule has 1 aliphatic rings. The molecule has 1 unspecified atom stereocenters. The van der Waals surface area contributed by atoms with Gasteiger partial charge >= 0.3 is 0 Å². The Balaban J connectivity index is 1.96. The normalized spacial score (nSPS) is 22.0. The Labute approximate surface area is 92.5 Å². The van der Waals surface area contributed by atoms with E-state index >= 15 is 0 Å². The van der Waals surface area contributed by atoms with Crippen molar-refractivity contribution in [2.45, 2.75) is 6.04 Å². The van der Waals surface area contributed by atoms with Crippen molar-refractivity contribution in [3.8, 4) is 0 Å². The molecule has 2 heterocycles. The van der Waals surface area contributed by atoms with E-state index in [0.717, 1.165) is 25.2 Å². The summed E-state index contributed by atoms with van der Waals surface area (Å²) in [5.74, 6) is 0. The van der Waals surface area contributed by atoms with Gasteiger partial charge in [0.05, 0.1) is 16.3 Å². The molecule has 1 aliphatic heterocycles. The van der Waals surface area contributed by atoms with E-state index in [2.05, 4.69) is 33.8 Å². The molecule has 0 bridgehead atoms. The Morgan fingerprint density at radius 1 is 1.27 bits per heavy atom. The maximum Gasteiger partial charge on any atom is 0.112 e. The van der Waals surface area contributed by atoms with Crippen molar-refractivity contribution >= 4 is 21.6 Å². The minimum absolute atomic E-state index is 0.385. The summed E-state index contributed by atoms with van der Waals surface area (Å²) in [4.78, 5) is 4.65. The van der Waals surface area contributed by atoms with Crippen molar-refractivity contribution in [1.29, 1.82) is 0 Å². The third-order valence-corrected chi connectivity index (χ3v) is 3.80. The maximum atomic E-state index is 4.65. The number of rotatable bonds is 1. The molecule has 3 rings (SSSR count). The number of hydrogen-bond donors (Lipinski definition) is 2. The minimum Gasteiger partial charge on any atom is -0.313 e. The summed E-state index contributed by atoms with van der Waals surface area (Å²) in [6.45, 7) is 3.07. The quantitative estimate of drug-likeness (QED) is 0.763. The van der Waals surface area contributed by atoms with E-state index in [9.17, 15) is 0 Å². The van der Waals surface area contributed by atoms with Crippen LogP contribution in [0.4, 0.5) is 0 Å². The molecule has 0 spiro atoms. The number of benzene rings is 1. The first kappa shape index (κ1) is 9.27. The predicted molar refractivity (Wildman–Crippen MR) is 63.2 cm³/mol. The summed E-state index contributed by atoms with van der Waals surface area (Å²) in [5, 5.41) is 8.06. The van der Waals surface area contributed by atoms with Crippen LogP contribution < -0.4 is 10.6 Å². The molecule has 1 aromatic heterocycles. The minimum atomic E-state index is 0.385. The average molecular weight is 219 g/mol. The highest BCUT2D eigenvalue weighted by Crippen LogP contribution is 2.26. The molecule has 0 saturated carbocycles. The number of piperazine rings is 1. The van der Waals surface area contributed by atoms with Crippen molar-refractivity contribution in [3.05, 3.63) is 29.3 Å². The van der Waals surface area contributed by atoms with Crippen LogP contribution in [-0.4, -0.2) is 24.6 Å². The molecule has 1 aromatic carbocycles. The van der Waals surface area contributed by atoms with Crippen molar-refractivity contribution < 1.29 is 0 Å². The second-order valence-electron chi connectivity index (χ2n) is 3.73. The first-order valence-electron chi connectivity index (χ1n) is 5.23. The number of para-hydroxylation sites is 1. The van der Waals surface area contributed by atoms with E-state index in [4.69, 9.17) is 0 Å².